The molecule has 0 atom stereocenters. The van der Waals surface area contributed by atoms with Gasteiger partial charge in [0.05, 0.1) is 29.1 Å². The zero-order valence-electron chi connectivity index (χ0n) is 26.7. The molecule has 0 saturated carbocycles. The van der Waals surface area contributed by atoms with E-state index < -0.39 is 0 Å². The van der Waals surface area contributed by atoms with Crippen LogP contribution in [0.4, 0.5) is 17.1 Å². The largest absolute Gasteiger partial charge is 0.457 e. The summed E-state index contributed by atoms with van der Waals surface area (Å²) in [6, 6.07) is 34.5. The SMILES string of the molecule is CN1CN(c2cccc(Oc3ccc4c5ccccc5n(-c5cc(C(C)(C)C)ccn5)c4c3)c2)c2cc(C(C)(C)C)ccc21. The fourth-order valence-electron chi connectivity index (χ4n) is 6.23. The molecule has 1 aliphatic rings. The minimum atomic E-state index is 0.0225. The van der Waals surface area contributed by atoms with Crippen LogP contribution in [0, 0.1) is 0 Å². The summed E-state index contributed by atoms with van der Waals surface area (Å²) in [7, 11) is 2.15. The quantitative estimate of drug-likeness (QED) is 0.208. The molecule has 222 valence electrons. The topological polar surface area (TPSA) is 33.5 Å². The van der Waals surface area contributed by atoms with E-state index in [4.69, 9.17) is 9.72 Å². The number of anilines is 3. The fraction of sp³-hybridized carbons (Fsp3) is 0.256. The van der Waals surface area contributed by atoms with Crippen LogP contribution in [0.3, 0.4) is 0 Å². The Labute approximate surface area is 260 Å². The maximum atomic E-state index is 6.57. The fourth-order valence-corrected chi connectivity index (χ4v) is 6.23. The first-order valence-corrected chi connectivity index (χ1v) is 15.4. The Kier molecular flexibility index (Phi) is 6.47. The zero-order valence-corrected chi connectivity index (χ0v) is 26.7. The number of benzene rings is 4. The summed E-state index contributed by atoms with van der Waals surface area (Å²) < 4.78 is 8.83. The van der Waals surface area contributed by atoms with Crippen molar-refractivity contribution < 1.29 is 4.74 Å². The molecule has 3 heterocycles. The highest BCUT2D eigenvalue weighted by Gasteiger charge is 2.27. The normalized spacial score (nSPS) is 13.6. The first-order valence-electron chi connectivity index (χ1n) is 15.4. The third-order valence-electron chi connectivity index (χ3n) is 8.75. The standard InChI is InChI=1S/C39H40N4O/c1-38(2,3)26-15-18-34-36(21-26)42(25-41(34)7)28-11-10-12-29(23-28)44-30-16-17-32-31-13-8-9-14-33(31)43(35(32)24-30)37-22-27(19-20-40-37)39(4,5)6/h8-24H,25H2,1-7H3. The second-order valence-corrected chi connectivity index (χ2v) is 14.0. The van der Waals surface area contributed by atoms with Crippen LogP contribution in [0.25, 0.3) is 27.6 Å². The number of hydrogen-bond donors (Lipinski definition) is 0. The zero-order chi connectivity index (χ0) is 30.8. The van der Waals surface area contributed by atoms with Crippen molar-refractivity contribution in [1.82, 2.24) is 9.55 Å². The summed E-state index contributed by atoms with van der Waals surface area (Å²) in [5, 5.41) is 2.38. The molecule has 0 unspecified atom stereocenters. The van der Waals surface area contributed by atoms with Gasteiger partial charge in [0.15, 0.2) is 0 Å². The third kappa shape index (κ3) is 4.86. The molecule has 0 amide bonds. The summed E-state index contributed by atoms with van der Waals surface area (Å²) in [6.07, 6.45) is 1.92. The van der Waals surface area contributed by atoms with Crippen molar-refractivity contribution in [2.24, 2.45) is 0 Å². The molecule has 0 bridgehead atoms. The minimum absolute atomic E-state index is 0.0225. The van der Waals surface area contributed by atoms with Crippen LogP contribution in [0.1, 0.15) is 52.7 Å². The molecule has 0 fully saturated rings. The van der Waals surface area contributed by atoms with Crippen LogP contribution >= 0.6 is 0 Å². The third-order valence-corrected chi connectivity index (χ3v) is 8.75. The van der Waals surface area contributed by atoms with Crippen LogP contribution < -0.4 is 14.5 Å². The van der Waals surface area contributed by atoms with Gasteiger partial charge in [-0.3, -0.25) is 4.57 Å². The minimum Gasteiger partial charge on any atom is -0.457 e. The Morgan fingerprint density at radius 2 is 1.36 bits per heavy atom. The molecule has 1 aliphatic heterocycles. The molecule has 44 heavy (non-hydrogen) atoms. The van der Waals surface area contributed by atoms with E-state index >= 15 is 0 Å². The van der Waals surface area contributed by atoms with Crippen molar-refractivity contribution in [2.45, 2.75) is 52.4 Å². The van der Waals surface area contributed by atoms with Crippen LogP contribution in [0.5, 0.6) is 11.5 Å². The number of pyridine rings is 1. The van der Waals surface area contributed by atoms with E-state index in [2.05, 4.69) is 154 Å². The molecular formula is C39H40N4O. The monoisotopic (exact) mass is 580 g/mol. The van der Waals surface area contributed by atoms with Crippen molar-refractivity contribution in [2.75, 3.05) is 23.5 Å². The predicted molar refractivity (Wildman–Crippen MR) is 184 cm³/mol. The maximum Gasteiger partial charge on any atom is 0.137 e. The highest BCUT2D eigenvalue weighted by atomic mass is 16.5. The number of hydrogen-bond acceptors (Lipinski definition) is 4. The molecule has 5 nitrogen and oxygen atoms in total. The summed E-state index contributed by atoms with van der Waals surface area (Å²) in [6.45, 7) is 14.3. The van der Waals surface area contributed by atoms with Gasteiger partial charge in [-0.05, 0) is 76.6 Å². The maximum absolute atomic E-state index is 6.57. The Morgan fingerprint density at radius 1 is 0.636 bits per heavy atom. The van der Waals surface area contributed by atoms with E-state index in [0.29, 0.717) is 0 Å². The number of rotatable bonds is 4. The van der Waals surface area contributed by atoms with Gasteiger partial charge in [-0.25, -0.2) is 4.98 Å². The predicted octanol–water partition coefficient (Wildman–Crippen LogP) is 10.1. The molecule has 0 N–H and O–H groups in total. The second kappa shape index (κ2) is 10.2. The summed E-state index contributed by atoms with van der Waals surface area (Å²) in [4.78, 5) is 9.49. The van der Waals surface area contributed by atoms with Crippen LogP contribution in [-0.4, -0.2) is 23.3 Å². The number of ether oxygens (including phenoxy) is 1. The molecule has 0 radical (unpaired) electrons. The van der Waals surface area contributed by atoms with Gasteiger partial charge in [-0.2, -0.15) is 0 Å². The highest BCUT2D eigenvalue weighted by molar-refractivity contribution is 6.09. The molecule has 0 saturated heterocycles. The van der Waals surface area contributed by atoms with Crippen molar-refractivity contribution in [3.05, 3.63) is 114 Å². The average Bonchev–Trinajstić information content (AvgIpc) is 3.50. The molecule has 6 aromatic rings. The molecule has 5 heteroatoms. The van der Waals surface area contributed by atoms with E-state index in [1.165, 1.54) is 33.3 Å². The highest BCUT2D eigenvalue weighted by Crippen LogP contribution is 2.43. The Bertz CT molecular complexity index is 2020. The lowest BCUT2D eigenvalue weighted by molar-refractivity contribution is 0.483. The van der Waals surface area contributed by atoms with E-state index in [1.807, 2.05) is 12.3 Å². The summed E-state index contributed by atoms with van der Waals surface area (Å²) >= 11 is 0. The smallest absolute Gasteiger partial charge is 0.137 e. The second-order valence-electron chi connectivity index (χ2n) is 14.0. The molecule has 4 aromatic carbocycles. The number of aromatic nitrogens is 2. The molecular weight excluding hydrogens is 540 g/mol. The number of fused-ring (bicyclic) bond motifs is 4. The Balaban J connectivity index is 1.27. The van der Waals surface area contributed by atoms with Gasteiger partial charge in [0.25, 0.3) is 0 Å². The lowest BCUT2D eigenvalue weighted by Gasteiger charge is -2.23. The first-order chi connectivity index (χ1) is 21.0. The molecule has 7 rings (SSSR count). The Morgan fingerprint density at radius 3 is 2.16 bits per heavy atom. The van der Waals surface area contributed by atoms with Gasteiger partial charge in [0.2, 0.25) is 0 Å². The van der Waals surface area contributed by atoms with Crippen molar-refractivity contribution in [1.29, 1.82) is 0 Å². The molecule has 0 spiro atoms. The summed E-state index contributed by atoms with van der Waals surface area (Å²) in [5.74, 6) is 2.51. The van der Waals surface area contributed by atoms with Gasteiger partial charge in [-0.15, -0.1) is 0 Å². The van der Waals surface area contributed by atoms with Gasteiger partial charge in [0, 0.05) is 41.8 Å². The van der Waals surface area contributed by atoms with Crippen LogP contribution in [-0.2, 0) is 10.8 Å². The molecule has 2 aromatic heterocycles. The van der Waals surface area contributed by atoms with E-state index in [-0.39, 0.29) is 10.8 Å². The number of nitrogens with zero attached hydrogens (tertiary/aromatic N) is 4. The van der Waals surface area contributed by atoms with E-state index in [1.54, 1.807) is 0 Å². The Hall–Kier alpha value is -4.77. The van der Waals surface area contributed by atoms with Gasteiger partial charge in [0.1, 0.15) is 17.3 Å². The average molecular weight is 581 g/mol. The van der Waals surface area contributed by atoms with Crippen molar-refractivity contribution in [3.8, 4) is 17.3 Å². The van der Waals surface area contributed by atoms with Gasteiger partial charge in [-0.1, -0.05) is 71.9 Å². The summed E-state index contributed by atoms with van der Waals surface area (Å²) in [5.41, 5.74) is 8.47. The van der Waals surface area contributed by atoms with Gasteiger partial charge >= 0.3 is 0 Å². The van der Waals surface area contributed by atoms with Crippen LogP contribution in [0.2, 0.25) is 0 Å². The van der Waals surface area contributed by atoms with Gasteiger partial charge < -0.3 is 14.5 Å². The van der Waals surface area contributed by atoms with E-state index in [9.17, 15) is 0 Å². The van der Waals surface area contributed by atoms with Crippen LogP contribution in [0.15, 0.2) is 103 Å². The first kappa shape index (κ1) is 28.0. The van der Waals surface area contributed by atoms with Crippen molar-refractivity contribution in [3.63, 3.8) is 0 Å². The number of para-hydroxylation sites is 1. The molecule has 0 aliphatic carbocycles. The van der Waals surface area contributed by atoms with Crippen molar-refractivity contribution >= 4 is 38.9 Å². The van der Waals surface area contributed by atoms with E-state index in [0.717, 1.165) is 40.7 Å². The lowest BCUT2D eigenvalue weighted by Crippen LogP contribution is -2.23. The lowest BCUT2D eigenvalue weighted by atomic mass is 9.86.